The predicted molar refractivity (Wildman–Crippen MR) is 55.3 cm³/mol. The van der Waals surface area contributed by atoms with Gasteiger partial charge >= 0.3 is 6.18 Å². The van der Waals surface area contributed by atoms with Gasteiger partial charge < -0.3 is 4.42 Å². The van der Waals surface area contributed by atoms with E-state index >= 15 is 0 Å². The number of nitrogens with zero attached hydrogens (tertiary/aromatic N) is 1. The Hall–Kier alpha value is -2.78. The van der Waals surface area contributed by atoms with Gasteiger partial charge in [-0.15, -0.1) is 6.07 Å². The number of hydrogen-bond acceptors (Lipinski definition) is 2. The van der Waals surface area contributed by atoms with Gasteiger partial charge in [-0.05, 0) is 13.8 Å². The van der Waals surface area contributed by atoms with Gasteiger partial charge in [0.2, 0.25) is 0 Å². The molecule has 2 aromatic rings. The van der Waals surface area contributed by atoms with Crippen molar-refractivity contribution in [2.75, 3.05) is 0 Å². The predicted octanol–water partition coefficient (Wildman–Crippen LogP) is 3.78. The van der Waals surface area contributed by atoms with Crippen LogP contribution in [-0.2, 0) is 6.18 Å². The van der Waals surface area contributed by atoms with Crippen molar-refractivity contribution in [3.8, 4) is 11.5 Å². The molecule has 102 valence electrons. The van der Waals surface area contributed by atoms with Crippen molar-refractivity contribution in [1.82, 2.24) is 4.98 Å². The first-order valence-corrected chi connectivity index (χ1v) is 4.90. The molecule has 0 spiro atoms. The smallest absolute Gasteiger partial charge is 0.370 e. The van der Waals surface area contributed by atoms with Crippen LogP contribution in [0.15, 0.2) is 22.6 Å². The van der Waals surface area contributed by atoms with Crippen molar-refractivity contribution in [1.29, 1.82) is 0 Å². The van der Waals surface area contributed by atoms with E-state index in [0.29, 0.717) is 11.5 Å². The van der Waals surface area contributed by atoms with Gasteiger partial charge in [0.1, 0.15) is 5.76 Å². The second-order valence-corrected chi connectivity index (χ2v) is 3.67. The maximum Gasteiger partial charge on any atom is 0.370 e. The van der Waals surface area contributed by atoms with Crippen LogP contribution >= 0.6 is 0 Å². The molecule has 0 radical (unpaired) electrons. The van der Waals surface area contributed by atoms with E-state index in [2.05, 4.69) is 11.1 Å². The van der Waals surface area contributed by atoms with Crippen LogP contribution in [0.25, 0.3) is 11.5 Å². The van der Waals surface area contributed by atoms with Crippen LogP contribution in [0.5, 0.6) is 0 Å². The van der Waals surface area contributed by atoms with Gasteiger partial charge in [0.05, 0.1) is 5.69 Å². The minimum Gasteiger partial charge on any atom is -0.453 e. The molecule has 0 N–H and O–H groups in total. The van der Waals surface area contributed by atoms with Crippen LogP contribution in [0.2, 0.25) is 0 Å². The maximum absolute atomic E-state index is 12.5. The summed E-state index contributed by atoms with van der Waals surface area (Å²) in [6.45, 7) is 3.45. The van der Waals surface area contributed by atoms with Gasteiger partial charge in [-0.25, -0.2) is 4.98 Å². The molecule has 1 aromatic heterocycles. The molecule has 2 nitrogen and oxygen atoms in total. The Bertz CT molecular complexity index is 529. The van der Waals surface area contributed by atoms with E-state index < -0.39 is 11.7 Å². The Kier molecular flexibility index (Phi) is 3.13. The Morgan fingerprint density at radius 2 is 1.89 bits per heavy atom. The summed E-state index contributed by atoms with van der Waals surface area (Å²) in [5.41, 5.74) is 0.178. The van der Waals surface area contributed by atoms with Crippen LogP contribution in [0, 0.1) is 19.9 Å². The van der Waals surface area contributed by atoms with Crippen molar-refractivity contribution in [3.63, 3.8) is 0 Å². The molecule has 2 rings (SSSR count). The van der Waals surface area contributed by atoms with Crippen molar-refractivity contribution < 1.29 is 17.6 Å². The molecule has 6 heteroatoms. The van der Waals surface area contributed by atoms with Crippen molar-refractivity contribution in [2.24, 2.45) is 0 Å². The number of halogens is 3. The van der Waals surface area contributed by atoms with E-state index in [-0.39, 0.29) is 11.5 Å². The summed E-state index contributed by atoms with van der Waals surface area (Å²) >= 11 is 0. The summed E-state index contributed by atoms with van der Waals surface area (Å²) in [5, 5.41) is 0. The Morgan fingerprint density at radius 1 is 1.22 bits per heavy atom. The molecule has 0 aliphatic rings. The van der Waals surface area contributed by atoms with Crippen LogP contribution in [0.4, 0.5) is 13.2 Å². The third-order valence-electron chi connectivity index (χ3n) is 2.39. The first-order valence-electron chi connectivity index (χ1n) is 4.90. The molecular formula is C12H9F3FmNO-. The summed E-state index contributed by atoms with van der Waals surface area (Å²) in [4.78, 5) is 4.05. The van der Waals surface area contributed by atoms with E-state index in [1.165, 1.54) is 6.07 Å². The number of aryl methyl sites for hydroxylation is 2. The van der Waals surface area contributed by atoms with E-state index in [1.807, 2.05) is 0 Å². The minimum absolute atomic E-state index is 0. The van der Waals surface area contributed by atoms with Crippen LogP contribution in [-0.4, -0.2) is 4.98 Å². The minimum atomic E-state index is -4.39. The Labute approximate surface area is 96.1 Å². The molecule has 0 atom stereocenters. The zero-order chi connectivity index (χ0) is 12.6. The molecule has 18 heavy (non-hydrogen) atoms. The Balaban J connectivity index is 0.00000162. The number of oxazole rings is 1. The first kappa shape index (κ1) is 13.3. The summed E-state index contributed by atoms with van der Waals surface area (Å²) in [6, 6.07) is 5.76. The third-order valence-corrected chi connectivity index (χ3v) is 2.39. The van der Waals surface area contributed by atoms with Crippen LogP contribution < -0.4 is 0 Å². The van der Waals surface area contributed by atoms with E-state index in [1.54, 1.807) is 13.8 Å². The molecule has 0 aliphatic carbocycles. The SMILES string of the molecule is Cc1nc(-c2c[c-]cc(C(F)(F)F)c2)oc1C.[Fm]. The molecule has 0 unspecified atom stereocenters. The largest absolute Gasteiger partial charge is 0.453 e. The number of aromatic nitrogens is 1. The standard InChI is InChI=1S/C12H9F3NO.Fm/c1-7-8(2)17-11(16-7)9-4-3-5-10(6-9)12(13,14)15;/h4-6H,1-2H3;/q-1;. The normalized spacial score (nSPS) is 11.2. The molecule has 1 heterocycles. The second kappa shape index (κ2) is 4.24. The fourth-order valence-corrected chi connectivity index (χ4v) is 1.36. The topological polar surface area (TPSA) is 26.0 Å². The molecule has 1 aromatic carbocycles. The number of benzene rings is 1. The van der Waals surface area contributed by atoms with Gasteiger partial charge in [-0.2, -0.15) is 31.4 Å². The summed E-state index contributed by atoms with van der Waals surface area (Å²) in [6.07, 6.45) is -4.39. The molecule has 0 amide bonds. The second-order valence-electron chi connectivity index (χ2n) is 3.67. The van der Waals surface area contributed by atoms with E-state index in [0.717, 1.165) is 12.1 Å². The number of alkyl halides is 3. The number of hydrogen-bond donors (Lipinski definition) is 0. The van der Waals surface area contributed by atoms with Crippen molar-refractivity contribution in [2.45, 2.75) is 20.0 Å². The molecule has 0 fully saturated rings. The quantitative estimate of drug-likeness (QED) is 0.561. The van der Waals surface area contributed by atoms with Crippen molar-refractivity contribution >= 4 is 0 Å². The molecule has 0 aliphatic heterocycles. The molecule has 0 saturated carbocycles. The summed E-state index contributed by atoms with van der Waals surface area (Å²) in [7, 11) is 0. The molecule has 0 bridgehead atoms. The average Bonchev–Trinajstić information content (AvgIpc) is 2.58. The molecule has 0 saturated heterocycles. The zero-order valence-corrected chi connectivity index (χ0v) is 11.9. The molecular weight excluding hydrogens is 488 g/mol. The van der Waals surface area contributed by atoms with E-state index in [4.69, 9.17) is 4.42 Å². The average molecular weight is 497 g/mol. The van der Waals surface area contributed by atoms with E-state index in [9.17, 15) is 13.2 Å². The first-order chi connectivity index (χ1) is 7.88. The van der Waals surface area contributed by atoms with Gasteiger partial charge in [0.25, 0.3) is 0 Å². The van der Waals surface area contributed by atoms with Gasteiger partial charge in [-0.1, -0.05) is 11.1 Å². The monoisotopic (exact) mass is 497 g/mol. The summed E-state index contributed by atoms with van der Waals surface area (Å²) in [5.74, 6) is 0.778. The third kappa shape index (κ3) is 2.31. The van der Waals surface area contributed by atoms with Crippen LogP contribution in [0.1, 0.15) is 17.0 Å². The Morgan fingerprint density at radius 3 is 2.39 bits per heavy atom. The van der Waals surface area contributed by atoms with Crippen molar-refractivity contribution in [3.05, 3.63) is 41.3 Å². The fourth-order valence-electron chi connectivity index (χ4n) is 1.36. The van der Waals surface area contributed by atoms with Gasteiger partial charge in [0, 0.05) is 0 Å². The van der Waals surface area contributed by atoms with Crippen LogP contribution in [0.3, 0.4) is 0 Å². The van der Waals surface area contributed by atoms with Gasteiger partial charge in [0.15, 0.2) is 5.89 Å². The van der Waals surface area contributed by atoms with Gasteiger partial charge in [-0.3, -0.25) is 0 Å². The fraction of sp³-hybridized carbons (Fsp3) is 0.250. The maximum atomic E-state index is 12.5. The zero-order valence-electron chi connectivity index (χ0n) is 9.51. The summed E-state index contributed by atoms with van der Waals surface area (Å²) < 4.78 is 42.8. The number of rotatable bonds is 1.